The van der Waals surface area contributed by atoms with E-state index in [0.29, 0.717) is 0 Å². The third-order valence-electron chi connectivity index (χ3n) is 7.62. The Bertz CT molecular complexity index is 958. The van der Waals surface area contributed by atoms with Crippen LogP contribution in [-0.4, -0.2) is 0 Å². The van der Waals surface area contributed by atoms with Gasteiger partial charge in [-0.1, -0.05) is 94.5 Å². The molecule has 3 aromatic rings. The molecule has 2 atom stereocenters. The van der Waals surface area contributed by atoms with Crippen LogP contribution in [-0.2, 0) is 6.42 Å². The number of benzene rings is 3. The number of rotatable bonds is 2. The molecule has 0 aromatic heterocycles. The second-order valence-corrected chi connectivity index (χ2v) is 9.46. The van der Waals surface area contributed by atoms with Crippen molar-refractivity contribution in [1.82, 2.24) is 0 Å². The molecule has 0 aliphatic heterocycles. The largest absolute Gasteiger partial charge is 0.0622 e. The Morgan fingerprint density at radius 1 is 0.741 bits per heavy atom. The summed E-state index contributed by atoms with van der Waals surface area (Å²) < 4.78 is 0. The predicted molar refractivity (Wildman–Crippen MR) is 117 cm³/mol. The molecule has 2 unspecified atom stereocenters. The first-order valence-corrected chi connectivity index (χ1v) is 11.2. The minimum atomic E-state index is 0.730. The van der Waals surface area contributed by atoms with Gasteiger partial charge in [-0.3, -0.25) is 0 Å². The summed E-state index contributed by atoms with van der Waals surface area (Å²) in [6.07, 6.45) is 10.0. The molecule has 1 fully saturated rings. The minimum absolute atomic E-state index is 0.730. The molecular weight excluding hydrogens is 324 g/mol. The fourth-order valence-corrected chi connectivity index (χ4v) is 6.14. The molecule has 27 heavy (non-hydrogen) atoms. The van der Waals surface area contributed by atoms with Crippen LogP contribution in [0.25, 0.3) is 21.5 Å². The molecule has 2 aliphatic rings. The van der Waals surface area contributed by atoms with Gasteiger partial charge in [0.1, 0.15) is 0 Å². The molecule has 0 amide bonds. The van der Waals surface area contributed by atoms with E-state index in [1.165, 1.54) is 66.5 Å². The van der Waals surface area contributed by atoms with E-state index in [9.17, 15) is 0 Å². The first-order valence-electron chi connectivity index (χ1n) is 11.2. The van der Waals surface area contributed by atoms with Crippen LogP contribution >= 0.6 is 0 Å². The first kappa shape index (κ1) is 17.3. The summed E-state index contributed by atoms with van der Waals surface area (Å²) in [4.78, 5) is 0. The summed E-state index contributed by atoms with van der Waals surface area (Å²) in [7, 11) is 0. The van der Waals surface area contributed by atoms with Crippen LogP contribution in [0, 0.1) is 17.8 Å². The Kier molecular flexibility index (Phi) is 4.46. The molecule has 5 rings (SSSR count). The van der Waals surface area contributed by atoms with Gasteiger partial charge in [0, 0.05) is 0 Å². The maximum absolute atomic E-state index is 2.48. The molecule has 0 heterocycles. The maximum Gasteiger partial charge on any atom is -0.0102 e. The normalized spacial score (nSPS) is 23.8. The molecule has 3 aromatic carbocycles. The highest BCUT2D eigenvalue weighted by atomic mass is 14.4. The molecule has 0 bridgehead atoms. The highest BCUT2D eigenvalue weighted by Gasteiger charge is 2.34. The first-order chi connectivity index (χ1) is 13.2. The Balaban J connectivity index is 1.66. The van der Waals surface area contributed by atoms with Crippen molar-refractivity contribution >= 4 is 21.5 Å². The zero-order valence-corrected chi connectivity index (χ0v) is 16.9. The van der Waals surface area contributed by atoms with Gasteiger partial charge in [-0.25, -0.2) is 0 Å². The fraction of sp³-hybridized carbons (Fsp3) is 0.481. The van der Waals surface area contributed by atoms with Crippen LogP contribution < -0.4 is 0 Å². The molecule has 0 spiro atoms. The van der Waals surface area contributed by atoms with Gasteiger partial charge in [0.2, 0.25) is 0 Å². The van der Waals surface area contributed by atoms with Crippen molar-refractivity contribution in [1.29, 1.82) is 0 Å². The molecule has 0 nitrogen and oxygen atoms in total. The van der Waals surface area contributed by atoms with Crippen molar-refractivity contribution in [3.05, 3.63) is 59.7 Å². The van der Waals surface area contributed by atoms with Crippen molar-refractivity contribution in [2.45, 2.75) is 64.7 Å². The van der Waals surface area contributed by atoms with E-state index in [4.69, 9.17) is 0 Å². The minimum Gasteiger partial charge on any atom is -0.0622 e. The van der Waals surface area contributed by atoms with Crippen molar-refractivity contribution in [2.75, 3.05) is 0 Å². The lowest BCUT2D eigenvalue weighted by atomic mass is 9.65. The SMILES string of the molecule is CC(C)C1CC(C2CCCCC2)Cc2c1ccc1c2ccc2ccccc21. The fourth-order valence-electron chi connectivity index (χ4n) is 6.14. The van der Waals surface area contributed by atoms with E-state index in [-0.39, 0.29) is 0 Å². The Morgan fingerprint density at radius 2 is 1.52 bits per heavy atom. The summed E-state index contributed by atoms with van der Waals surface area (Å²) >= 11 is 0. The van der Waals surface area contributed by atoms with Crippen LogP contribution in [0.1, 0.15) is 69.4 Å². The van der Waals surface area contributed by atoms with Gasteiger partial charge in [0.25, 0.3) is 0 Å². The van der Waals surface area contributed by atoms with Crippen molar-refractivity contribution < 1.29 is 0 Å². The van der Waals surface area contributed by atoms with Gasteiger partial charge >= 0.3 is 0 Å². The topological polar surface area (TPSA) is 0 Å². The highest BCUT2D eigenvalue weighted by molar-refractivity contribution is 6.08. The number of hydrogen-bond acceptors (Lipinski definition) is 0. The molecule has 1 saturated carbocycles. The molecule has 140 valence electrons. The van der Waals surface area contributed by atoms with Gasteiger partial charge in [0.15, 0.2) is 0 Å². The Labute approximate surface area is 164 Å². The monoisotopic (exact) mass is 356 g/mol. The Morgan fingerprint density at radius 3 is 2.33 bits per heavy atom. The lowest BCUT2D eigenvalue weighted by Crippen LogP contribution is -2.28. The summed E-state index contributed by atoms with van der Waals surface area (Å²) in [5.41, 5.74) is 3.33. The van der Waals surface area contributed by atoms with E-state index in [1.807, 2.05) is 0 Å². The van der Waals surface area contributed by atoms with Crippen molar-refractivity contribution in [3.8, 4) is 0 Å². The average molecular weight is 357 g/mol. The van der Waals surface area contributed by atoms with Crippen LogP contribution in [0.5, 0.6) is 0 Å². The zero-order valence-electron chi connectivity index (χ0n) is 16.9. The van der Waals surface area contributed by atoms with E-state index in [1.54, 1.807) is 11.1 Å². The molecule has 0 N–H and O–H groups in total. The van der Waals surface area contributed by atoms with Gasteiger partial charge < -0.3 is 0 Å². The molecular formula is C27H32. The van der Waals surface area contributed by atoms with Crippen LogP contribution in [0.2, 0.25) is 0 Å². The lowest BCUT2D eigenvalue weighted by molar-refractivity contribution is 0.202. The summed E-state index contributed by atoms with van der Waals surface area (Å²) in [6, 6.07) is 18.5. The van der Waals surface area contributed by atoms with E-state index >= 15 is 0 Å². The second-order valence-electron chi connectivity index (χ2n) is 9.46. The molecule has 0 radical (unpaired) electrons. The third-order valence-corrected chi connectivity index (χ3v) is 7.62. The molecule has 0 heteroatoms. The summed E-state index contributed by atoms with van der Waals surface area (Å²) in [5, 5.41) is 5.76. The third kappa shape index (κ3) is 2.98. The summed E-state index contributed by atoms with van der Waals surface area (Å²) in [5.74, 6) is 3.32. The number of fused-ring (bicyclic) bond motifs is 5. The van der Waals surface area contributed by atoms with Gasteiger partial charge in [0.05, 0.1) is 0 Å². The lowest BCUT2D eigenvalue weighted by Gasteiger charge is -2.40. The van der Waals surface area contributed by atoms with Crippen molar-refractivity contribution in [3.63, 3.8) is 0 Å². The maximum atomic E-state index is 2.48. The summed E-state index contributed by atoms with van der Waals surface area (Å²) in [6.45, 7) is 4.87. The van der Waals surface area contributed by atoms with Crippen molar-refractivity contribution in [2.24, 2.45) is 17.8 Å². The smallest absolute Gasteiger partial charge is 0.0102 e. The predicted octanol–water partition coefficient (Wildman–Crippen LogP) is 7.88. The zero-order chi connectivity index (χ0) is 18.4. The number of hydrogen-bond donors (Lipinski definition) is 0. The van der Waals surface area contributed by atoms with E-state index < -0.39 is 0 Å². The van der Waals surface area contributed by atoms with Gasteiger partial charge in [-0.05, 0) is 69.2 Å². The second kappa shape index (κ2) is 6.97. The average Bonchev–Trinajstić information content (AvgIpc) is 2.73. The Hall–Kier alpha value is -1.82. The van der Waals surface area contributed by atoms with E-state index in [2.05, 4.69) is 62.4 Å². The van der Waals surface area contributed by atoms with Crippen LogP contribution in [0.3, 0.4) is 0 Å². The van der Waals surface area contributed by atoms with Gasteiger partial charge in [-0.15, -0.1) is 0 Å². The highest BCUT2D eigenvalue weighted by Crippen LogP contribution is 2.47. The molecule has 2 aliphatic carbocycles. The van der Waals surface area contributed by atoms with Crippen LogP contribution in [0.4, 0.5) is 0 Å². The standard InChI is InChI=1S/C27H32/c1-18(2)26-16-21(19-8-4-3-5-9-19)17-27-24-13-12-20-10-6-7-11-22(20)23(24)14-15-25(26)27/h6-7,10-15,18-19,21,26H,3-5,8-9,16-17H2,1-2H3. The van der Waals surface area contributed by atoms with Gasteiger partial charge in [-0.2, -0.15) is 0 Å². The molecule has 0 saturated heterocycles. The quantitative estimate of drug-likeness (QED) is 0.410. The van der Waals surface area contributed by atoms with Crippen LogP contribution in [0.15, 0.2) is 48.5 Å². The van der Waals surface area contributed by atoms with E-state index in [0.717, 1.165) is 23.7 Å².